The summed E-state index contributed by atoms with van der Waals surface area (Å²) in [5, 5.41) is 27.5. The topological polar surface area (TPSA) is 108 Å². The van der Waals surface area contributed by atoms with Gasteiger partial charge in [0.2, 0.25) is 0 Å². The molecule has 8 heteroatoms. The molecule has 3 N–H and O–H groups in total. The van der Waals surface area contributed by atoms with Gasteiger partial charge in [0.05, 0.1) is 45.1 Å². The van der Waals surface area contributed by atoms with E-state index in [1.807, 2.05) is 55.5 Å². The van der Waals surface area contributed by atoms with Gasteiger partial charge in [0.15, 0.2) is 5.78 Å². The lowest BCUT2D eigenvalue weighted by Gasteiger charge is -2.46. The van der Waals surface area contributed by atoms with E-state index in [2.05, 4.69) is 43.4 Å². The summed E-state index contributed by atoms with van der Waals surface area (Å²) >= 11 is 0. The maximum Gasteiger partial charge on any atom is 0.318 e. The number of benzene rings is 3. The van der Waals surface area contributed by atoms with Crippen LogP contribution in [-0.4, -0.2) is 59.4 Å². The first kappa shape index (κ1) is 40.5. The van der Waals surface area contributed by atoms with Crippen LogP contribution in [0.5, 0.6) is 11.5 Å². The number of allylic oxidation sites excluding steroid dienone is 2. The third-order valence-electron chi connectivity index (χ3n) is 13.1. The molecule has 0 heterocycles. The quantitative estimate of drug-likeness (QED) is 0.141. The van der Waals surface area contributed by atoms with E-state index in [0.29, 0.717) is 43.6 Å². The van der Waals surface area contributed by atoms with Crippen LogP contribution in [0, 0.1) is 11.3 Å². The molecule has 0 aliphatic heterocycles. The van der Waals surface area contributed by atoms with E-state index in [-0.39, 0.29) is 42.8 Å². The molecule has 55 heavy (non-hydrogen) atoms. The van der Waals surface area contributed by atoms with Crippen LogP contribution in [0.15, 0.2) is 78.4 Å². The third-order valence-corrected chi connectivity index (χ3v) is 13.1. The summed E-state index contributed by atoms with van der Waals surface area (Å²) in [4.78, 5) is 30.7. The summed E-state index contributed by atoms with van der Waals surface area (Å²) in [6.45, 7) is 6.59. The van der Waals surface area contributed by atoms with Crippen LogP contribution < -0.4 is 14.8 Å². The Labute approximate surface area is 328 Å². The molecule has 0 saturated heterocycles. The summed E-state index contributed by atoms with van der Waals surface area (Å²) in [5.41, 5.74) is 3.80. The van der Waals surface area contributed by atoms with Gasteiger partial charge in [-0.2, -0.15) is 0 Å². The molecule has 4 aliphatic carbocycles. The predicted octanol–water partition coefficient (Wildman–Crippen LogP) is 9.48. The SMILES string of the molecule is COc1ccc(CN(C[C@]2(O)CC[C@H]3c4ccc(cc4C(=O)C4CCCCC4)C[C@@H](O)CCC(C)=CCC[C@@]32C)C(=O)N[C@H](C)c2ccccc2)c(OC)c1. The first-order valence-electron chi connectivity index (χ1n) is 20.5. The van der Waals surface area contributed by atoms with E-state index in [0.717, 1.165) is 66.3 Å². The molecule has 7 rings (SSSR count). The largest absolute Gasteiger partial charge is 0.497 e. The van der Waals surface area contributed by atoms with Crippen molar-refractivity contribution in [3.05, 3.63) is 106 Å². The van der Waals surface area contributed by atoms with Crippen LogP contribution in [0.25, 0.3) is 0 Å². The smallest absolute Gasteiger partial charge is 0.318 e. The van der Waals surface area contributed by atoms with E-state index in [9.17, 15) is 19.8 Å². The zero-order chi connectivity index (χ0) is 39.2. The van der Waals surface area contributed by atoms with E-state index in [4.69, 9.17) is 9.47 Å². The monoisotopic (exact) mass is 750 g/mol. The van der Waals surface area contributed by atoms with E-state index >= 15 is 0 Å². The first-order valence-corrected chi connectivity index (χ1v) is 20.5. The number of aliphatic hydroxyl groups is 2. The number of aliphatic hydroxyl groups excluding tert-OH is 1. The number of methoxy groups -OCH3 is 2. The van der Waals surface area contributed by atoms with Gasteiger partial charge in [-0.15, -0.1) is 0 Å². The maximum atomic E-state index is 14.5. The Morgan fingerprint density at radius 1 is 0.945 bits per heavy atom. The average molecular weight is 751 g/mol. The molecular weight excluding hydrogens is 689 g/mol. The molecule has 0 radical (unpaired) electrons. The van der Waals surface area contributed by atoms with Crippen molar-refractivity contribution in [1.82, 2.24) is 10.2 Å². The Hall–Kier alpha value is -4.14. The molecule has 3 aromatic carbocycles. The summed E-state index contributed by atoms with van der Waals surface area (Å²) in [5.74, 6) is 1.34. The van der Waals surface area contributed by atoms with Crippen molar-refractivity contribution in [1.29, 1.82) is 0 Å². The summed E-state index contributed by atoms with van der Waals surface area (Å²) < 4.78 is 11.2. The Bertz CT molecular complexity index is 1820. The lowest BCUT2D eigenvalue weighted by molar-refractivity contribution is -0.0781. The lowest BCUT2D eigenvalue weighted by atomic mass is 9.64. The second-order valence-electron chi connectivity index (χ2n) is 16.8. The van der Waals surface area contributed by atoms with Crippen molar-refractivity contribution in [2.24, 2.45) is 11.3 Å². The van der Waals surface area contributed by atoms with Gasteiger partial charge in [0, 0.05) is 28.5 Å². The van der Waals surface area contributed by atoms with Crippen LogP contribution in [0.2, 0.25) is 0 Å². The minimum Gasteiger partial charge on any atom is -0.497 e. The van der Waals surface area contributed by atoms with Crippen molar-refractivity contribution in [3.63, 3.8) is 0 Å². The maximum absolute atomic E-state index is 14.5. The summed E-state index contributed by atoms with van der Waals surface area (Å²) in [6, 6.07) is 21.2. The number of ketones is 1. The molecular formula is C47H62N2O6. The van der Waals surface area contributed by atoms with Gasteiger partial charge in [-0.3, -0.25) is 4.79 Å². The Morgan fingerprint density at radius 3 is 2.44 bits per heavy atom. The molecule has 5 atom stereocenters. The van der Waals surface area contributed by atoms with Gasteiger partial charge in [-0.25, -0.2) is 4.79 Å². The molecule has 3 aromatic rings. The zero-order valence-electron chi connectivity index (χ0n) is 33.6. The fraction of sp³-hybridized carbons (Fsp3) is 0.532. The molecule has 2 fully saturated rings. The zero-order valence-corrected chi connectivity index (χ0v) is 33.6. The van der Waals surface area contributed by atoms with Crippen molar-refractivity contribution in [2.45, 2.75) is 128 Å². The fourth-order valence-electron chi connectivity index (χ4n) is 9.60. The minimum atomic E-state index is -1.27. The van der Waals surface area contributed by atoms with Gasteiger partial charge in [0.1, 0.15) is 11.5 Å². The Morgan fingerprint density at radius 2 is 1.71 bits per heavy atom. The van der Waals surface area contributed by atoms with Gasteiger partial charge < -0.3 is 29.9 Å². The molecule has 2 amide bonds. The standard InChI is InChI=1S/C47H62N2O6/c1-32-13-12-25-46(3)42(40-23-19-34(27-38(50)21-18-32)28-41(40)44(51)36-16-10-7-11-17-36)24-26-47(46,53)31-49(30-37-20-22-39(54-4)29-43(37)55-5)45(52)48-33(2)35-14-8-6-9-15-35/h6,8-9,13-15,19-20,22-23,28-29,33,36,38,42,50,53H,7,10-12,16-18,21,24-27,30-31H2,1-5H3,(H,48,52)/t33-,38+,42+,46+,47-/m1/s1. The molecule has 8 nitrogen and oxygen atoms in total. The lowest BCUT2D eigenvalue weighted by Crippen LogP contribution is -2.55. The van der Waals surface area contributed by atoms with Crippen LogP contribution in [0.1, 0.15) is 136 Å². The van der Waals surface area contributed by atoms with Crippen LogP contribution in [-0.2, 0) is 13.0 Å². The summed E-state index contributed by atoms with van der Waals surface area (Å²) in [7, 11) is 3.22. The number of carbonyl (C=O) groups excluding carboxylic acids is 2. The first-order chi connectivity index (χ1) is 26.4. The molecule has 2 bridgehead atoms. The number of rotatable bonds is 10. The highest BCUT2D eigenvalue weighted by molar-refractivity contribution is 5.99. The van der Waals surface area contributed by atoms with Crippen molar-refractivity contribution >= 4 is 11.8 Å². The van der Waals surface area contributed by atoms with Gasteiger partial charge in [-0.05, 0) is 112 Å². The number of nitrogens with one attached hydrogen (secondary N) is 1. The number of nitrogens with zero attached hydrogens (tertiary/aromatic N) is 1. The number of fused-ring (bicyclic) bond motifs is 8. The van der Waals surface area contributed by atoms with E-state index in [1.165, 1.54) is 12.0 Å². The van der Waals surface area contributed by atoms with Crippen LogP contribution in [0.3, 0.4) is 0 Å². The Balaban J connectivity index is 1.40. The number of Topliss-reactive ketones (excluding diaryl/α,β-unsaturated/α-hetero) is 1. The number of hydrogen-bond donors (Lipinski definition) is 3. The molecule has 0 aromatic heterocycles. The average Bonchev–Trinajstić information content (AvgIpc) is 3.45. The molecule has 4 aliphatic rings. The van der Waals surface area contributed by atoms with Crippen LogP contribution >= 0.6 is 0 Å². The highest BCUT2D eigenvalue weighted by Gasteiger charge is 2.58. The summed E-state index contributed by atoms with van der Waals surface area (Å²) in [6.07, 6.45) is 11.4. The van der Waals surface area contributed by atoms with E-state index < -0.39 is 17.1 Å². The second-order valence-corrected chi connectivity index (χ2v) is 16.8. The highest BCUT2D eigenvalue weighted by Crippen LogP contribution is 2.59. The molecule has 0 spiro atoms. The number of ether oxygens (including phenoxy) is 2. The predicted molar refractivity (Wildman–Crippen MR) is 218 cm³/mol. The van der Waals surface area contributed by atoms with Crippen LogP contribution in [0.4, 0.5) is 4.79 Å². The third kappa shape index (κ3) is 9.13. The molecule has 2 saturated carbocycles. The number of hydrogen-bond acceptors (Lipinski definition) is 6. The molecule has 296 valence electrons. The van der Waals surface area contributed by atoms with Gasteiger partial charge in [0.25, 0.3) is 0 Å². The van der Waals surface area contributed by atoms with E-state index in [1.54, 1.807) is 19.1 Å². The molecule has 0 unspecified atom stereocenters. The number of carbonyl (C=O) groups is 2. The van der Waals surface area contributed by atoms with Gasteiger partial charge >= 0.3 is 6.03 Å². The van der Waals surface area contributed by atoms with Crippen molar-refractivity contribution in [3.8, 4) is 11.5 Å². The Kier molecular flexibility index (Phi) is 13.1. The minimum absolute atomic E-state index is 0.00560. The van der Waals surface area contributed by atoms with Crippen molar-refractivity contribution in [2.75, 3.05) is 20.8 Å². The fourth-order valence-corrected chi connectivity index (χ4v) is 9.60. The number of amides is 2. The van der Waals surface area contributed by atoms with Crippen molar-refractivity contribution < 1.29 is 29.3 Å². The normalized spacial score (nSPS) is 25.3. The van der Waals surface area contributed by atoms with Gasteiger partial charge in [-0.1, -0.05) is 80.3 Å². The number of urea groups is 1. The second kappa shape index (κ2) is 17.8. The highest BCUT2D eigenvalue weighted by atomic mass is 16.5.